The summed E-state index contributed by atoms with van der Waals surface area (Å²) in [5, 5.41) is -0.118. The Bertz CT molecular complexity index is 1010. The Morgan fingerprint density at radius 3 is 1.34 bits per heavy atom. The van der Waals surface area contributed by atoms with Crippen LogP contribution in [0.4, 0.5) is 0 Å². The third kappa shape index (κ3) is 4.37. The predicted octanol–water partition coefficient (Wildman–Crippen LogP) is -6.81. The Morgan fingerprint density at radius 1 is 0.594 bits per heavy atom. The molecule has 2 aromatic rings. The Kier molecular flexibility index (Phi) is 6.64. The number of hydrogen-bond acceptors (Lipinski definition) is 1. The van der Waals surface area contributed by atoms with Crippen LogP contribution in [0.5, 0.6) is 0 Å². The lowest BCUT2D eigenvalue weighted by Crippen LogP contribution is -2.76. The summed E-state index contributed by atoms with van der Waals surface area (Å²) in [6.45, 7) is 0. The fourth-order valence-corrected chi connectivity index (χ4v) is 6.20. The molecule has 1 aliphatic rings. The van der Waals surface area contributed by atoms with Crippen molar-refractivity contribution in [3.8, 4) is 0 Å². The molecule has 150 valence electrons. The smallest absolute Gasteiger partial charge is 0.133 e. The standard InChI is InChI=1S/C20H32B11N/c21-16(17(22,23)18(24,25)32(19(26,27)28)20(29,30)31)15-13-7-3-1-5-11(13)9-10-12-6-2-4-8-14(12)15/h1-10H,21-31H2. The average Bonchev–Trinajstić information content (AvgIpc) is 2.81. The fourth-order valence-electron chi connectivity index (χ4n) is 6.20. The van der Waals surface area contributed by atoms with Crippen molar-refractivity contribution in [2.45, 2.75) is 21.0 Å². The molecule has 0 fully saturated rings. The van der Waals surface area contributed by atoms with E-state index < -0.39 is 0 Å². The molecule has 0 amide bonds. The molecule has 1 aliphatic carbocycles. The van der Waals surface area contributed by atoms with Crippen LogP contribution < -0.4 is 0 Å². The molecule has 0 saturated heterocycles. The van der Waals surface area contributed by atoms with Crippen molar-refractivity contribution in [1.29, 1.82) is 0 Å². The Balaban J connectivity index is 2.34. The van der Waals surface area contributed by atoms with Gasteiger partial charge in [0.25, 0.3) is 0 Å². The van der Waals surface area contributed by atoms with E-state index in [0.717, 1.165) is 0 Å². The van der Waals surface area contributed by atoms with Crippen LogP contribution in [0.1, 0.15) is 22.3 Å². The van der Waals surface area contributed by atoms with Gasteiger partial charge in [-0.3, -0.25) is 0 Å². The molecule has 3 rings (SSSR count). The molecule has 32 heavy (non-hydrogen) atoms. The van der Waals surface area contributed by atoms with Gasteiger partial charge in [0.15, 0.2) is 0 Å². The molecule has 0 saturated carbocycles. The quantitative estimate of drug-likeness (QED) is 0.382. The van der Waals surface area contributed by atoms with E-state index in [4.69, 9.17) is 0 Å². The minimum absolute atomic E-state index is 0.0325. The van der Waals surface area contributed by atoms with E-state index in [-0.39, 0.29) is 21.0 Å². The van der Waals surface area contributed by atoms with Crippen molar-refractivity contribution in [2.24, 2.45) is 0 Å². The summed E-state index contributed by atoms with van der Waals surface area (Å²) < 4.78 is 0. The third-order valence-corrected chi connectivity index (χ3v) is 7.65. The van der Waals surface area contributed by atoms with Gasteiger partial charge in [0, 0.05) is 0 Å². The second-order valence-corrected chi connectivity index (χ2v) is 12.4. The van der Waals surface area contributed by atoms with Gasteiger partial charge in [-0.25, -0.2) is 0 Å². The minimum atomic E-state index is -0.0931. The Labute approximate surface area is 205 Å². The first-order valence-electron chi connectivity index (χ1n) is 12.0. The SMILES string of the molecule is BC(=C1c2ccccc2C=Cc2ccccc21)C(B)(B)C(B)(B)N(C(B)(B)B)C(B)(B)B. The molecule has 12 heteroatoms. The summed E-state index contributed by atoms with van der Waals surface area (Å²) in [7, 11) is 26.2. The molecule has 0 spiro atoms. The second kappa shape index (κ2) is 8.42. The molecule has 0 atom stereocenters. The van der Waals surface area contributed by atoms with Gasteiger partial charge in [0.1, 0.15) is 86.3 Å². The first-order chi connectivity index (χ1) is 14.6. The lowest BCUT2D eigenvalue weighted by molar-refractivity contribution is 0.208. The van der Waals surface area contributed by atoms with Crippen LogP contribution >= 0.6 is 0 Å². The maximum atomic E-state index is 2.71. The minimum Gasteiger partial charge on any atom is -0.348 e. The van der Waals surface area contributed by atoms with E-state index in [9.17, 15) is 0 Å². The monoisotopic (exact) mass is 407 g/mol. The number of hydrogen-bond donors (Lipinski definition) is 0. The van der Waals surface area contributed by atoms with Gasteiger partial charge in [-0.1, -0.05) is 76.4 Å². The normalized spacial score (nSPS) is 14.5. The lowest BCUT2D eigenvalue weighted by atomic mass is 9.25. The van der Waals surface area contributed by atoms with E-state index in [1.54, 1.807) is 0 Å². The number of benzene rings is 2. The molecule has 2 aromatic carbocycles. The van der Waals surface area contributed by atoms with Crippen LogP contribution in [0.3, 0.4) is 0 Å². The first-order valence-corrected chi connectivity index (χ1v) is 12.0. The Hall–Kier alpha value is -1.41. The molecule has 0 unspecified atom stereocenters. The van der Waals surface area contributed by atoms with Crippen LogP contribution in [0.15, 0.2) is 54.0 Å². The highest BCUT2D eigenvalue weighted by molar-refractivity contribution is 6.66. The van der Waals surface area contributed by atoms with Gasteiger partial charge >= 0.3 is 0 Å². The van der Waals surface area contributed by atoms with Crippen molar-refractivity contribution in [1.82, 2.24) is 4.90 Å². The topological polar surface area (TPSA) is 3.24 Å². The van der Waals surface area contributed by atoms with Crippen molar-refractivity contribution in [3.63, 3.8) is 0 Å². The van der Waals surface area contributed by atoms with Crippen molar-refractivity contribution < 1.29 is 0 Å². The zero-order chi connectivity index (χ0) is 24.1. The van der Waals surface area contributed by atoms with Gasteiger partial charge in [-0.2, -0.15) is 0 Å². The van der Waals surface area contributed by atoms with Gasteiger partial charge in [-0.05, 0) is 33.2 Å². The molecule has 0 radical (unpaired) electrons. The highest BCUT2D eigenvalue weighted by Crippen LogP contribution is 2.47. The van der Waals surface area contributed by atoms with Crippen molar-refractivity contribution in [2.75, 3.05) is 0 Å². The predicted molar refractivity (Wildman–Crippen MR) is 175 cm³/mol. The van der Waals surface area contributed by atoms with Crippen molar-refractivity contribution >= 4 is 104 Å². The van der Waals surface area contributed by atoms with Crippen molar-refractivity contribution in [3.05, 3.63) is 76.3 Å². The summed E-state index contributed by atoms with van der Waals surface area (Å²) in [5.41, 5.74) is 8.04. The maximum Gasteiger partial charge on any atom is 0.133 e. The molecule has 1 nitrogen and oxygen atoms in total. The maximum absolute atomic E-state index is 2.71. The van der Waals surface area contributed by atoms with Crippen LogP contribution in [-0.4, -0.2) is 107 Å². The summed E-state index contributed by atoms with van der Waals surface area (Å²) in [6, 6.07) is 17.7. The highest BCUT2D eigenvalue weighted by atomic mass is 15.2. The molecule has 0 aromatic heterocycles. The molecule has 0 heterocycles. The van der Waals surface area contributed by atoms with Crippen LogP contribution in [0.2, 0.25) is 5.21 Å². The van der Waals surface area contributed by atoms with E-state index >= 15 is 0 Å². The zero-order valence-electron chi connectivity index (χ0n) is 22.2. The summed E-state index contributed by atoms with van der Waals surface area (Å²) >= 11 is 0. The van der Waals surface area contributed by atoms with Gasteiger partial charge in [-0.15, -0.1) is 5.47 Å². The average molecular weight is 405 g/mol. The largest absolute Gasteiger partial charge is 0.348 e. The molecular weight excluding hydrogens is 373 g/mol. The highest BCUT2D eigenvalue weighted by Gasteiger charge is 2.49. The Morgan fingerprint density at radius 2 is 0.969 bits per heavy atom. The second-order valence-electron chi connectivity index (χ2n) is 12.4. The number of nitrogens with zero attached hydrogens (tertiary/aromatic N) is 1. The van der Waals surface area contributed by atoms with Gasteiger partial charge in [0.2, 0.25) is 0 Å². The van der Waals surface area contributed by atoms with Gasteiger partial charge < -0.3 is 4.90 Å². The molecular formula is C20H32B11N. The van der Waals surface area contributed by atoms with E-state index in [1.807, 2.05) is 0 Å². The van der Waals surface area contributed by atoms with E-state index in [1.165, 1.54) is 33.3 Å². The molecule has 0 aliphatic heterocycles. The summed E-state index contributed by atoms with van der Waals surface area (Å²) in [4.78, 5) is 2.71. The van der Waals surface area contributed by atoms with E-state index in [0.29, 0.717) is 0 Å². The molecule has 0 bridgehead atoms. The summed E-state index contributed by atoms with van der Waals surface area (Å²) in [6.07, 6.45) is 4.53. The first kappa shape index (κ1) is 25.2. The van der Waals surface area contributed by atoms with Crippen LogP contribution in [0, 0.1) is 0 Å². The number of rotatable bonds is 5. The van der Waals surface area contributed by atoms with Crippen LogP contribution in [-0.2, 0) is 0 Å². The third-order valence-electron chi connectivity index (χ3n) is 7.65. The molecule has 0 N–H and O–H groups in total. The fraction of sp³-hybridized carbons (Fsp3) is 0.200. The zero-order valence-corrected chi connectivity index (χ0v) is 22.2. The number of fused-ring (bicyclic) bond motifs is 2. The van der Waals surface area contributed by atoms with E-state index in [2.05, 4.69) is 152 Å². The summed E-state index contributed by atoms with van der Waals surface area (Å²) in [5.74, 6) is 0. The lowest BCUT2D eigenvalue weighted by Gasteiger charge is -2.63. The van der Waals surface area contributed by atoms with Crippen LogP contribution in [0.25, 0.3) is 17.7 Å². The van der Waals surface area contributed by atoms with Gasteiger partial charge in [0.05, 0.1) is 0 Å².